The molecule has 0 aliphatic rings. The van der Waals surface area contributed by atoms with Crippen molar-refractivity contribution in [2.45, 2.75) is 25.8 Å². The third-order valence-corrected chi connectivity index (χ3v) is 3.79. The van der Waals surface area contributed by atoms with E-state index < -0.39 is 0 Å². The molecule has 0 fully saturated rings. The summed E-state index contributed by atoms with van der Waals surface area (Å²) in [4.78, 5) is 16.1. The van der Waals surface area contributed by atoms with Gasteiger partial charge < -0.3 is 15.7 Å². The number of hydrogen-bond donors (Lipinski definition) is 3. The average Bonchev–Trinajstić information content (AvgIpc) is 2.99. The molecule has 2 amide bonds. The summed E-state index contributed by atoms with van der Waals surface area (Å²) < 4.78 is 0. The number of urea groups is 1. The molecule has 0 spiro atoms. The molecule has 1 atom stereocenters. The molecule has 1 unspecified atom stereocenters. The number of hydrogen-bond acceptors (Lipinski definition) is 4. The summed E-state index contributed by atoms with van der Waals surface area (Å²) in [5.41, 5.74) is 1.71. The zero-order valence-corrected chi connectivity index (χ0v) is 12.7. The highest BCUT2D eigenvalue weighted by atomic mass is 32.1. The molecule has 1 aromatic heterocycles. The van der Waals surface area contributed by atoms with E-state index in [4.69, 9.17) is 5.11 Å². The first-order chi connectivity index (χ1) is 10.2. The van der Waals surface area contributed by atoms with E-state index in [1.165, 1.54) is 0 Å². The van der Waals surface area contributed by atoms with Gasteiger partial charge in [-0.1, -0.05) is 12.1 Å². The lowest BCUT2D eigenvalue weighted by molar-refractivity contribution is 0.245. The number of nitrogens with zero attached hydrogens (tertiary/aromatic N) is 1. The number of carbonyl (C=O) groups is 1. The Balaban J connectivity index is 1.93. The Hall–Kier alpha value is -1.92. The van der Waals surface area contributed by atoms with Crippen LogP contribution in [-0.2, 0) is 0 Å². The summed E-state index contributed by atoms with van der Waals surface area (Å²) in [6, 6.07) is 7.38. The van der Waals surface area contributed by atoms with Crippen LogP contribution in [-0.4, -0.2) is 28.8 Å². The van der Waals surface area contributed by atoms with Gasteiger partial charge in [-0.05, 0) is 31.9 Å². The van der Waals surface area contributed by atoms with Crippen LogP contribution in [0.5, 0.6) is 0 Å². The lowest BCUT2D eigenvalue weighted by atomic mass is 10.2. The minimum absolute atomic E-state index is 0.0271. The number of rotatable bonds is 6. The Morgan fingerprint density at radius 2 is 2.33 bits per heavy atom. The topological polar surface area (TPSA) is 74.2 Å². The van der Waals surface area contributed by atoms with Gasteiger partial charge in [0.2, 0.25) is 0 Å². The van der Waals surface area contributed by atoms with E-state index in [2.05, 4.69) is 15.6 Å². The molecule has 1 aromatic carbocycles. The highest BCUT2D eigenvalue weighted by Crippen LogP contribution is 2.24. The van der Waals surface area contributed by atoms with Crippen molar-refractivity contribution in [2.24, 2.45) is 0 Å². The zero-order valence-electron chi connectivity index (χ0n) is 11.9. The van der Waals surface area contributed by atoms with Gasteiger partial charge in [0.15, 0.2) is 0 Å². The van der Waals surface area contributed by atoms with Crippen molar-refractivity contribution in [3.8, 4) is 10.6 Å². The Kier molecular flexibility index (Phi) is 5.71. The number of anilines is 1. The standard InChI is InChI=1S/C15H19N3O2S/c1-11(4-3-8-19)17-15(20)18-13-6-2-5-12(10-13)14-16-7-9-21-14/h2,5-7,9-11,19H,3-4,8H2,1H3,(H2,17,18,20). The number of aliphatic hydroxyl groups excluding tert-OH is 1. The molecule has 0 saturated heterocycles. The molecular weight excluding hydrogens is 286 g/mol. The van der Waals surface area contributed by atoms with E-state index in [9.17, 15) is 4.79 Å². The second-order valence-electron chi connectivity index (χ2n) is 4.78. The smallest absolute Gasteiger partial charge is 0.319 e. The predicted molar refractivity (Wildman–Crippen MR) is 85.5 cm³/mol. The third kappa shape index (κ3) is 4.84. The van der Waals surface area contributed by atoms with Crippen LogP contribution in [0.3, 0.4) is 0 Å². The Bertz CT molecular complexity index is 572. The van der Waals surface area contributed by atoms with E-state index in [-0.39, 0.29) is 18.7 Å². The largest absolute Gasteiger partial charge is 0.396 e. The van der Waals surface area contributed by atoms with Crippen LogP contribution in [0, 0.1) is 0 Å². The van der Waals surface area contributed by atoms with Crippen molar-refractivity contribution in [1.29, 1.82) is 0 Å². The summed E-state index contributed by atoms with van der Waals surface area (Å²) in [7, 11) is 0. The first-order valence-corrected chi connectivity index (χ1v) is 7.75. The second kappa shape index (κ2) is 7.75. The highest BCUT2D eigenvalue weighted by Gasteiger charge is 2.08. The van der Waals surface area contributed by atoms with Crippen LogP contribution in [0.4, 0.5) is 10.5 Å². The van der Waals surface area contributed by atoms with Gasteiger partial charge in [-0.3, -0.25) is 0 Å². The minimum atomic E-state index is -0.239. The van der Waals surface area contributed by atoms with Gasteiger partial charge in [0.1, 0.15) is 5.01 Å². The number of benzene rings is 1. The van der Waals surface area contributed by atoms with Crippen LogP contribution < -0.4 is 10.6 Å². The molecule has 0 radical (unpaired) electrons. The van der Waals surface area contributed by atoms with Crippen molar-refractivity contribution in [2.75, 3.05) is 11.9 Å². The summed E-state index contributed by atoms with van der Waals surface area (Å²) in [5, 5.41) is 17.3. The predicted octanol–water partition coefficient (Wildman–Crippen LogP) is 3.09. The van der Waals surface area contributed by atoms with E-state index in [0.29, 0.717) is 6.42 Å². The number of carbonyl (C=O) groups excluding carboxylic acids is 1. The quantitative estimate of drug-likeness (QED) is 0.767. The van der Waals surface area contributed by atoms with Crippen LogP contribution in [0.15, 0.2) is 35.8 Å². The van der Waals surface area contributed by atoms with Gasteiger partial charge >= 0.3 is 6.03 Å². The van der Waals surface area contributed by atoms with Crippen molar-refractivity contribution >= 4 is 23.1 Å². The first kappa shape index (κ1) is 15.5. The maximum absolute atomic E-state index is 11.9. The monoisotopic (exact) mass is 305 g/mol. The minimum Gasteiger partial charge on any atom is -0.396 e. The van der Waals surface area contributed by atoms with Gasteiger partial charge in [-0.2, -0.15) is 0 Å². The fourth-order valence-corrected chi connectivity index (χ4v) is 2.59. The fraction of sp³-hybridized carbons (Fsp3) is 0.333. The lowest BCUT2D eigenvalue weighted by Gasteiger charge is -2.14. The molecule has 5 nitrogen and oxygen atoms in total. The van der Waals surface area contributed by atoms with Crippen LogP contribution in [0.25, 0.3) is 10.6 Å². The molecule has 0 aliphatic carbocycles. The normalized spacial score (nSPS) is 11.9. The first-order valence-electron chi connectivity index (χ1n) is 6.87. The molecule has 0 aliphatic heterocycles. The Morgan fingerprint density at radius 1 is 1.48 bits per heavy atom. The average molecular weight is 305 g/mol. The molecular formula is C15H19N3O2S. The van der Waals surface area contributed by atoms with E-state index >= 15 is 0 Å². The third-order valence-electron chi connectivity index (χ3n) is 2.97. The summed E-state index contributed by atoms with van der Waals surface area (Å²) in [6.07, 6.45) is 3.19. The number of aliphatic hydroxyl groups is 1. The van der Waals surface area contributed by atoms with Crippen LogP contribution >= 0.6 is 11.3 Å². The maximum Gasteiger partial charge on any atom is 0.319 e. The van der Waals surface area contributed by atoms with Crippen LogP contribution in [0.1, 0.15) is 19.8 Å². The molecule has 3 N–H and O–H groups in total. The van der Waals surface area contributed by atoms with Crippen molar-refractivity contribution in [3.05, 3.63) is 35.8 Å². The SMILES string of the molecule is CC(CCCO)NC(=O)Nc1cccc(-c2nccs2)c1. The molecule has 1 heterocycles. The van der Waals surface area contributed by atoms with Crippen molar-refractivity contribution < 1.29 is 9.90 Å². The number of thiazole rings is 1. The van der Waals surface area contributed by atoms with E-state index in [1.54, 1.807) is 17.5 Å². The number of nitrogens with one attached hydrogen (secondary N) is 2. The highest BCUT2D eigenvalue weighted by molar-refractivity contribution is 7.13. The fourth-order valence-electron chi connectivity index (χ4n) is 1.96. The van der Waals surface area contributed by atoms with Gasteiger partial charge in [0.05, 0.1) is 0 Å². The van der Waals surface area contributed by atoms with Crippen molar-refractivity contribution in [1.82, 2.24) is 10.3 Å². The maximum atomic E-state index is 11.9. The van der Waals surface area contributed by atoms with Crippen molar-refractivity contribution in [3.63, 3.8) is 0 Å². The molecule has 2 rings (SSSR count). The van der Waals surface area contributed by atoms with E-state index in [1.807, 2.05) is 36.6 Å². The zero-order chi connectivity index (χ0) is 15.1. The molecule has 6 heteroatoms. The number of aromatic nitrogens is 1. The van der Waals surface area contributed by atoms with Gasteiger partial charge in [-0.25, -0.2) is 9.78 Å². The summed E-state index contributed by atoms with van der Waals surface area (Å²) in [6.45, 7) is 2.06. The van der Waals surface area contributed by atoms with Crippen LogP contribution in [0.2, 0.25) is 0 Å². The molecule has 21 heavy (non-hydrogen) atoms. The molecule has 0 saturated carbocycles. The Labute approximate surface area is 128 Å². The lowest BCUT2D eigenvalue weighted by Crippen LogP contribution is -2.36. The van der Waals surface area contributed by atoms with Gasteiger partial charge in [0.25, 0.3) is 0 Å². The number of amides is 2. The van der Waals surface area contributed by atoms with Gasteiger partial charge in [0, 0.05) is 35.5 Å². The summed E-state index contributed by atoms with van der Waals surface area (Å²) in [5.74, 6) is 0. The Morgan fingerprint density at radius 3 is 3.05 bits per heavy atom. The molecule has 0 bridgehead atoms. The molecule has 112 valence electrons. The molecule has 2 aromatic rings. The van der Waals surface area contributed by atoms with Gasteiger partial charge in [-0.15, -0.1) is 11.3 Å². The second-order valence-corrected chi connectivity index (χ2v) is 5.68. The van der Waals surface area contributed by atoms with E-state index in [0.717, 1.165) is 22.7 Å². The summed E-state index contributed by atoms with van der Waals surface area (Å²) >= 11 is 1.56.